The molecule has 0 radical (unpaired) electrons. The molecule has 0 saturated heterocycles. The molecule has 4 rings (SSSR count). The number of primary amides is 1. The van der Waals surface area contributed by atoms with Gasteiger partial charge in [-0.3, -0.25) is 20.1 Å². The number of aromatic nitrogens is 4. The zero-order valence-corrected chi connectivity index (χ0v) is 19.6. The SMILES string of the molecule is CC(C)[C@](NCC(F)(F)F)(C(N)=O)c1cncc(-c2c[nH]c3ncc(OCc4cccnc4)cc23)c1. The lowest BCUT2D eigenvalue weighted by atomic mass is 9.79. The summed E-state index contributed by atoms with van der Waals surface area (Å²) < 4.78 is 45.0. The van der Waals surface area contributed by atoms with E-state index in [1.54, 1.807) is 50.9 Å². The van der Waals surface area contributed by atoms with Crippen LogP contribution < -0.4 is 15.8 Å². The van der Waals surface area contributed by atoms with Gasteiger partial charge in [0, 0.05) is 58.6 Å². The molecule has 36 heavy (non-hydrogen) atoms. The molecule has 0 saturated carbocycles. The minimum Gasteiger partial charge on any atom is -0.487 e. The summed E-state index contributed by atoms with van der Waals surface area (Å²) in [5.74, 6) is -0.990. The predicted molar refractivity (Wildman–Crippen MR) is 128 cm³/mol. The third-order valence-electron chi connectivity index (χ3n) is 5.96. The van der Waals surface area contributed by atoms with Crippen molar-refractivity contribution in [1.29, 1.82) is 0 Å². The quantitative estimate of drug-likeness (QED) is 0.320. The van der Waals surface area contributed by atoms with Gasteiger partial charge in [0.15, 0.2) is 0 Å². The van der Waals surface area contributed by atoms with Gasteiger partial charge in [-0.2, -0.15) is 13.2 Å². The molecular formula is C25H25F3N6O2. The van der Waals surface area contributed by atoms with Crippen LogP contribution in [0.4, 0.5) is 13.2 Å². The summed E-state index contributed by atoms with van der Waals surface area (Å²) in [5, 5.41) is 3.07. The molecule has 4 heterocycles. The minimum atomic E-state index is -4.53. The van der Waals surface area contributed by atoms with Gasteiger partial charge in [0.1, 0.15) is 23.5 Å². The van der Waals surface area contributed by atoms with E-state index in [9.17, 15) is 18.0 Å². The summed E-state index contributed by atoms with van der Waals surface area (Å²) in [4.78, 5) is 28.3. The number of pyridine rings is 3. The molecule has 188 valence electrons. The molecule has 0 bridgehead atoms. The average molecular weight is 499 g/mol. The van der Waals surface area contributed by atoms with Crippen molar-refractivity contribution in [2.75, 3.05) is 6.54 Å². The molecule has 4 aromatic heterocycles. The van der Waals surface area contributed by atoms with Crippen LogP contribution >= 0.6 is 0 Å². The van der Waals surface area contributed by atoms with Crippen LogP contribution in [0.15, 0.2) is 61.4 Å². The molecule has 4 aromatic rings. The number of fused-ring (bicyclic) bond motifs is 1. The number of aromatic amines is 1. The first-order valence-corrected chi connectivity index (χ1v) is 11.2. The number of rotatable bonds is 9. The first-order chi connectivity index (χ1) is 17.1. The minimum absolute atomic E-state index is 0.234. The van der Waals surface area contributed by atoms with Crippen LogP contribution in [0.1, 0.15) is 25.0 Å². The van der Waals surface area contributed by atoms with Crippen LogP contribution in [0.25, 0.3) is 22.2 Å². The second kappa shape index (κ2) is 9.94. The van der Waals surface area contributed by atoms with Crippen LogP contribution in [0.3, 0.4) is 0 Å². The zero-order chi connectivity index (χ0) is 25.9. The lowest BCUT2D eigenvalue weighted by Crippen LogP contribution is -2.58. The summed E-state index contributed by atoms with van der Waals surface area (Å²) in [7, 11) is 0. The predicted octanol–water partition coefficient (Wildman–Crippen LogP) is 4.09. The Hall–Kier alpha value is -3.99. The summed E-state index contributed by atoms with van der Waals surface area (Å²) in [5.41, 5.74) is 6.87. The van der Waals surface area contributed by atoms with Crippen molar-refractivity contribution in [2.24, 2.45) is 11.7 Å². The van der Waals surface area contributed by atoms with Crippen molar-refractivity contribution < 1.29 is 22.7 Å². The smallest absolute Gasteiger partial charge is 0.401 e. The molecule has 1 amide bonds. The van der Waals surface area contributed by atoms with Crippen molar-refractivity contribution in [3.63, 3.8) is 0 Å². The Morgan fingerprint density at radius 1 is 1.17 bits per heavy atom. The topological polar surface area (TPSA) is 119 Å². The van der Waals surface area contributed by atoms with Gasteiger partial charge in [-0.25, -0.2) is 4.98 Å². The summed E-state index contributed by atoms with van der Waals surface area (Å²) in [6.45, 7) is 2.18. The van der Waals surface area contributed by atoms with Gasteiger partial charge in [0.05, 0.1) is 12.7 Å². The van der Waals surface area contributed by atoms with Gasteiger partial charge >= 0.3 is 6.18 Å². The third kappa shape index (κ3) is 5.15. The molecule has 8 nitrogen and oxygen atoms in total. The number of carbonyl (C=O) groups is 1. The standard InChI is InChI=1S/C25H25F3N6O2/c1-15(2)25(23(29)35,34-14-24(26,27)28)18-6-17(9-31-10-18)21-12-33-22-20(21)7-19(11-32-22)36-13-16-4-3-5-30-8-16/h3-12,15,34H,13-14H2,1-2H3,(H2,29,35)(H,32,33)/t25-/m1/s1. The molecule has 0 aromatic carbocycles. The van der Waals surface area contributed by atoms with Gasteiger partial charge in [-0.1, -0.05) is 19.9 Å². The maximum Gasteiger partial charge on any atom is 0.401 e. The number of H-pyrrole nitrogens is 1. The molecular weight excluding hydrogens is 473 g/mol. The fourth-order valence-corrected chi connectivity index (χ4v) is 4.15. The number of ether oxygens (including phenoxy) is 1. The van der Waals surface area contributed by atoms with E-state index in [0.29, 0.717) is 29.1 Å². The molecule has 0 aliphatic heterocycles. The average Bonchev–Trinajstić information content (AvgIpc) is 3.26. The number of alkyl halides is 3. The van der Waals surface area contributed by atoms with Crippen molar-refractivity contribution in [3.8, 4) is 16.9 Å². The Bertz CT molecular complexity index is 1360. The highest BCUT2D eigenvalue weighted by Crippen LogP contribution is 2.35. The highest BCUT2D eigenvalue weighted by Gasteiger charge is 2.44. The lowest BCUT2D eigenvalue weighted by Gasteiger charge is -2.36. The fraction of sp³-hybridized carbons (Fsp3) is 0.280. The van der Waals surface area contributed by atoms with Gasteiger partial charge in [0.25, 0.3) is 0 Å². The van der Waals surface area contributed by atoms with Gasteiger partial charge < -0.3 is 15.5 Å². The maximum absolute atomic E-state index is 13.1. The number of hydrogen-bond donors (Lipinski definition) is 3. The van der Waals surface area contributed by atoms with Crippen molar-refractivity contribution in [1.82, 2.24) is 25.3 Å². The van der Waals surface area contributed by atoms with E-state index in [1.165, 1.54) is 6.20 Å². The van der Waals surface area contributed by atoms with E-state index in [4.69, 9.17) is 10.5 Å². The molecule has 0 aliphatic carbocycles. The number of nitrogens with one attached hydrogen (secondary N) is 2. The number of carbonyl (C=O) groups excluding carboxylic acids is 1. The van der Waals surface area contributed by atoms with Gasteiger partial charge in [-0.05, 0) is 24.1 Å². The van der Waals surface area contributed by atoms with Crippen molar-refractivity contribution in [2.45, 2.75) is 32.2 Å². The van der Waals surface area contributed by atoms with Crippen molar-refractivity contribution in [3.05, 3.63) is 72.6 Å². The number of nitrogens with two attached hydrogens (primary N) is 1. The van der Waals surface area contributed by atoms with E-state index in [2.05, 4.69) is 25.3 Å². The second-order valence-corrected chi connectivity index (χ2v) is 8.68. The third-order valence-corrected chi connectivity index (χ3v) is 5.96. The van der Waals surface area contributed by atoms with E-state index < -0.39 is 30.1 Å². The molecule has 0 unspecified atom stereocenters. The van der Waals surface area contributed by atoms with E-state index in [0.717, 1.165) is 10.9 Å². The van der Waals surface area contributed by atoms with Crippen molar-refractivity contribution >= 4 is 16.9 Å². The van der Waals surface area contributed by atoms with Crippen LogP contribution in [-0.2, 0) is 16.9 Å². The Labute approximate surface area is 205 Å². The monoisotopic (exact) mass is 498 g/mol. The first-order valence-electron chi connectivity index (χ1n) is 11.2. The van der Waals surface area contributed by atoms with Crippen LogP contribution in [0.5, 0.6) is 5.75 Å². The van der Waals surface area contributed by atoms with Gasteiger partial charge in [0.2, 0.25) is 5.91 Å². The molecule has 0 fully saturated rings. The second-order valence-electron chi connectivity index (χ2n) is 8.68. The zero-order valence-electron chi connectivity index (χ0n) is 19.6. The Morgan fingerprint density at radius 3 is 2.64 bits per heavy atom. The Balaban J connectivity index is 1.70. The molecule has 1 atom stereocenters. The highest BCUT2D eigenvalue weighted by atomic mass is 19.4. The maximum atomic E-state index is 13.1. The highest BCUT2D eigenvalue weighted by molar-refractivity contribution is 5.94. The molecule has 11 heteroatoms. The normalized spacial score (nSPS) is 13.6. The number of amides is 1. The number of nitrogens with zero attached hydrogens (tertiary/aromatic N) is 3. The Morgan fingerprint density at radius 2 is 1.97 bits per heavy atom. The Kier molecular flexibility index (Phi) is 6.93. The van der Waals surface area contributed by atoms with Crippen LogP contribution in [0, 0.1) is 5.92 Å². The largest absolute Gasteiger partial charge is 0.487 e. The first kappa shape index (κ1) is 25.1. The summed E-state index contributed by atoms with van der Waals surface area (Å²) >= 11 is 0. The lowest BCUT2D eigenvalue weighted by molar-refractivity contribution is -0.139. The molecule has 4 N–H and O–H groups in total. The van der Waals surface area contributed by atoms with Crippen LogP contribution in [-0.4, -0.2) is 38.6 Å². The molecule has 0 spiro atoms. The number of hydrogen-bond acceptors (Lipinski definition) is 6. The van der Waals surface area contributed by atoms with Gasteiger partial charge in [-0.15, -0.1) is 0 Å². The number of halogens is 3. The van der Waals surface area contributed by atoms with Crippen LogP contribution in [0.2, 0.25) is 0 Å². The summed E-state index contributed by atoms with van der Waals surface area (Å²) in [6.07, 6.45) is 5.07. The van der Waals surface area contributed by atoms with E-state index >= 15 is 0 Å². The fourth-order valence-electron chi connectivity index (χ4n) is 4.15. The van der Waals surface area contributed by atoms with E-state index in [1.807, 2.05) is 18.2 Å². The molecule has 0 aliphatic rings. The van der Waals surface area contributed by atoms with E-state index in [-0.39, 0.29) is 5.56 Å². The summed E-state index contributed by atoms with van der Waals surface area (Å²) in [6, 6.07) is 7.14.